The highest BCUT2D eigenvalue weighted by atomic mass is 35.5. The number of hydrogen-bond acceptors (Lipinski definition) is 3. The zero-order valence-electron chi connectivity index (χ0n) is 10.7. The van der Waals surface area contributed by atoms with Crippen LogP contribution in [0.15, 0.2) is 30.6 Å². The van der Waals surface area contributed by atoms with Gasteiger partial charge in [-0.1, -0.05) is 23.2 Å². The molecular formula is C13H15Cl2N3O. The quantitative estimate of drug-likeness (QED) is 0.943. The van der Waals surface area contributed by atoms with Crippen LogP contribution in [0.5, 0.6) is 5.75 Å². The monoisotopic (exact) mass is 299 g/mol. The molecule has 0 bridgehead atoms. The second kappa shape index (κ2) is 5.82. The Bertz CT molecular complexity index is 569. The molecule has 0 aliphatic rings. The van der Waals surface area contributed by atoms with E-state index >= 15 is 0 Å². The molecule has 19 heavy (non-hydrogen) atoms. The summed E-state index contributed by atoms with van der Waals surface area (Å²) in [6.07, 6.45) is 3.34. The Morgan fingerprint density at radius 3 is 2.58 bits per heavy atom. The van der Waals surface area contributed by atoms with E-state index in [1.54, 1.807) is 29.1 Å². The molecule has 0 radical (unpaired) electrons. The molecule has 2 atom stereocenters. The topological polar surface area (TPSA) is 53.1 Å². The molecule has 0 saturated heterocycles. The van der Waals surface area contributed by atoms with Gasteiger partial charge in [0, 0.05) is 30.9 Å². The third-order valence-corrected chi connectivity index (χ3v) is 3.42. The number of aryl methyl sites for hydroxylation is 1. The molecule has 6 heteroatoms. The maximum atomic E-state index is 5.97. The van der Waals surface area contributed by atoms with Crippen molar-refractivity contribution in [2.75, 3.05) is 0 Å². The highest BCUT2D eigenvalue weighted by Crippen LogP contribution is 2.30. The summed E-state index contributed by atoms with van der Waals surface area (Å²) in [5.41, 5.74) is 6.89. The maximum Gasteiger partial charge on any atom is 0.141 e. The smallest absolute Gasteiger partial charge is 0.141 e. The summed E-state index contributed by atoms with van der Waals surface area (Å²) in [5.74, 6) is 0.626. The van der Waals surface area contributed by atoms with Gasteiger partial charge in [0.25, 0.3) is 0 Å². The first-order valence-electron chi connectivity index (χ1n) is 5.83. The Morgan fingerprint density at radius 2 is 2.05 bits per heavy atom. The summed E-state index contributed by atoms with van der Waals surface area (Å²) >= 11 is 11.8. The van der Waals surface area contributed by atoms with Crippen molar-refractivity contribution in [3.63, 3.8) is 0 Å². The number of benzene rings is 1. The van der Waals surface area contributed by atoms with Crippen LogP contribution in [0.25, 0.3) is 0 Å². The SMILES string of the molecule is CC(N)C(Oc1ccc(Cl)c(Cl)c1)c1cnn(C)c1. The van der Waals surface area contributed by atoms with Gasteiger partial charge in [0.1, 0.15) is 11.9 Å². The summed E-state index contributed by atoms with van der Waals surface area (Å²) < 4.78 is 7.60. The van der Waals surface area contributed by atoms with Crippen molar-refractivity contribution in [2.45, 2.75) is 19.1 Å². The molecule has 4 nitrogen and oxygen atoms in total. The van der Waals surface area contributed by atoms with Crippen molar-refractivity contribution in [1.29, 1.82) is 0 Å². The lowest BCUT2D eigenvalue weighted by atomic mass is 10.1. The van der Waals surface area contributed by atoms with E-state index in [1.165, 1.54) is 0 Å². The van der Waals surface area contributed by atoms with Crippen molar-refractivity contribution in [2.24, 2.45) is 12.8 Å². The maximum absolute atomic E-state index is 5.97. The predicted octanol–water partition coefficient (Wildman–Crippen LogP) is 3.19. The van der Waals surface area contributed by atoms with Crippen LogP contribution in [0.4, 0.5) is 0 Å². The molecule has 2 aromatic rings. The third kappa shape index (κ3) is 3.41. The van der Waals surface area contributed by atoms with Crippen molar-refractivity contribution >= 4 is 23.2 Å². The van der Waals surface area contributed by atoms with E-state index in [0.717, 1.165) is 5.56 Å². The van der Waals surface area contributed by atoms with Crippen LogP contribution in [-0.2, 0) is 7.05 Å². The molecule has 1 aromatic carbocycles. The molecule has 0 amide bonds. The number of aromatic nitrogens is 2. The molecule has 1 heterocycles. The Balaban J connectivity index is 2.23. The lowest BCUT2D eigenvalue weighted by Crippen LogP contribution is -2.28. The molecule has 0 spiro atoms. The zero-order chi connectivity index (χ0) is 14.0. The first-order chi connectivity index (χ1) is 8.97. The Labute approximate surface area is 122 Å². The highest BCUT2D eigenvalue weighted by molar-refractivity contribution is 6.42. The largest absolute Gasteiger partial charge is 0.484 e. The summed E-state index contributed by atoms with van der Waals surface area (Å²) in [6, 6.07) is 4.95. The average molecular weight is 300 g/mol. The molecule has 0 aliphatic carbocycles. The molecule has 2 unspecified atom stereocenters. The van der Waals surface area contributed by atoms with E-state index < -0.39 is 0 Å². The van der Waals surface area contributed by atoms with Gasteiger partial charge in [0.05, 0.1) is 16.2 Å². The summed E-state index contributed by atoms with van der Waals surface area (Å²) in [4.78, 5) is 0. The van der Waals surface area contributed by atoms with Crippen LogP contribution in [0.2, 0.25) is 10.0 Å². The number of halogens is 2. The van der Waals surface area contributed by atoms with Gasteiger partial charge in [0.15, 0.2) is 0 Å². The van der Waals surface area contributed by atoms with Crippen LogP contribution in [0, 0.1) is 0 Å². The van der Waals surface area contributed by atoms with Crippen molar-refractivity contribution in [3.05, 3.63) is 46.2 Å². The van der Waals surface area contributed by atoms with Gasteiger partial charge >= 0.3 is 0 Å². The first kappa shape index (κ1) is 14.2. The van der Waals surface area contributed by atoms with Gasteiger partial charge in [-0.25, -0.2) is 0 Å². The summed E-state index contributed by atoms with van der Waals surface area (Å²) in [7, 11) is 1.85. The molecule has 0 fully saturated rings. The molecule has 2 rings (SSSR count). The van der Waals surface area contributed by atoms with Crippen LogP contribution in [0.3, 0.4) is 0 Å². The van der Waals surface area contributed by atoms with Crippen molar-refractivity contribution in [1.82, 2.24) is 9.78 Å². The van der Waals surface area contributed by atoms with Crippen LogP contribution in [-0.4, -0.2) is 15.8 Å². The minimum Gasteiger partial charge on any atom is -0.484 e. The van der Waals surface area contributed by atoms with E-state index in [2.05, 4.69) is 5.10 Å². The Kier molecular flexibility index (Phi) is 4.34. The van der Waals surface area contributed by atoms with Crippen molar-refractivity contribution in [3.8, 4) is 5.75 Å². The second-order valence-electron chi connectivity index (χ2n) is 4.42. The van der Waals surface area contributed by atoms with Crippen LogP contribution in [0.1, 0.15) is 18.6 Å². The number of ether oxygens (including phenoxy) is 1. The fourth-order valence-corrected chi connectivity index (χ4v) is 2.05. The van der Waals surface area contributed by atoms with Gasteiger partial charge in [-0.15, -0.1) is 0 Å². The van der Waals surface area contributed by atoms with Crippen LogP contribution < -0.4 is 10.5 Å². The highest BCUT2D eigenvalue weighted by Gasteiger charge is 2.20. The average Bonchev–Trinajstić information content (AvgIpc) is 2.76. The second-order valence-corrected chi connectivity index (χ2v) is 5.24. The molecule has 0 aliphatic heterocycles. The molecule has 1 aromatic heterocycles. The first-order valence-corrected chi connectivity index (χ1v) is 6.59. The van der Waals surface area contributed by atoms with Gasteiger partial charge in [-0.05, 0) is 19.1 Å². The normalized spacial score (nSPS) is 14.2. The zero-order valence-corrected chi connectivity index (χ0v) is 12.2. The van der Waals surface area contributed by atoms with Crippen LogP contribution >= 0.6 is 23.2 Å². The summed E-state index contributed by atoms with van der Waals surface area (Å²) in [6.45, 7) is 1.88. The predicted molar refractivity (Wildman–Crippen MR) is 76.7 cm³/mol. The number of nitrogens with two attached hydrogens (primary N) is 1. The molecule has 102 valence electrons. The van der Waals surface area contributed by atoms with Gasteiger partial charge in [-0.3, -0.25) is 4.68 Å². The van der Waals surface area contributed by atoms with Gasteiger partial charge < -0.3 is 10.5 Å². The Hall–Kier alpha value is -1.23. The number of rotatable bonds is 4. The Morgan fingerprint density at radius 1 is 1.32 bits per heavy atom. The van der Waals surface area contributed by atoms with E-state index in [9.17, 15) is 0 Å². The molecule has 2 N–H and O–H groups in total. The van der Waals surface area contributed by atoms with E-state index in [4.69, 9.17) is 33.7 Å². The van der Waals surface area contributed by atoms with Gasteiger partial charge in [-0.2, -0.15) is 5.10 Å². The number of hydrogen-bond donors (Lipinski definition) is 1. The minimum atomic E-state index is -0.286. The van der Waals surface area contributed by atoms with E-state index in [0.29, 0.717) is 15.8 Å². The number of nitrogens with zero attached hydrogens (tertiary/aromatic N) is 2. The fourth-order valence-electron chi connectivity index (χ4n) is 1.76. The van der Waals surface area contributed by atoms with E-state index in [-0.39, 0.29) is 12.1 Å². The third-order valence-electron chi connectivity index (χ3n) is 2.69. The molecular weight excluding hydrogens is 285 g/mol. The van der Waals surface area contributed by atoms with Gasteiger partial charge in [0.2, 0.25) is 0 Å². The van der Waals surface area contributed by atoms with Crippen molar-refractivity contribution < 1.29 is 4.74 Å². The van der Waals surface area contributed by atoms with E-state index in [1.807, 2.05) is 20.2 Å². The summed E-state index contributed by atoms with van der Waals surface area (Å²) in [5, 5.41) is 5.07. The molecule has 0 saturated carbocycles. The minimum absolute atomic E-state index is 0.182. The lowest BCUT2D eigenvalue weighted by Gasteiger charge is -2.21. The fraction of sp³-hybridized carbons (Fsp3) is 0.308. The standard InChI is InChI=1S/C13H15Cl2N3O/c1-8(16)13(9-6-17-18(2)7-9)19-10-3-4-11(14)12(15)5-10/h3-8,13H,16H2,1-2H3. The lowest BCUT2D eigenvalue weighted by molar-refractivity contribution is 0.180.